The Hall–Kier alpha value is -4.56. The van der Waals surface area contributed by atoms with Crippen LogP contribution in [0.4, 0.5) is 0 Å². The van der Waals surface area contributed by atoms with Crippen molar-refractivity contribution in [1.82, 2.24) is 10.2 Å². The summed E-state index contributed by atoms with van der Waals surface area (Å²) in [6, 6.07) is 14.0. The van der Waals surface area contributed by atoms with E-state index >= 15 is 0 Å². The molecule has 70 heavy (non-hydrogen) atoms. The first-order chi connectivity index (χ1) is 33.4. The van der Waals surface area contributed by atoms with Crippen molar-refractivity contribution in [3.8, 4) is 0 Å². The van der Waals surface area contributed by atoms with Gasteiger partial charge >= 0.3 is 11.9 Å². The molecule has 0 spiro atoms. The molecule has 6 N–H and O–H groups in total. The first-order valence-corrected chi connectivity index (χ1v) is 24.8. The zero-order valence-electron chi connectivity index (χ0n) is 41.6. The number of esters is 2. The third kappa shape index (κ3) is 16.0. The van der Waals surface area contributed by atoms with E-state index in [0.29, 0.717) is 18.4 Å². The summed E-state index contributed by atoms with van der Waals surface area (Å²) in [6.07, 6.45) is 2.81. The van der Waals surface area contributed by atoms with Gasteiger partial charge in [0.25, 0.3) is 0 Å². The highest BCUT2D eigenvalue weighted by atomic mass is 16.8. The van der Waals surface area contributed by atoms with Gasteiger partial charge in [0.2, 0.25) is 11.8 Å². The summed E-state index contributed by atoms with van der Waals surface area (Å²) in [7, 11) is 1.54. The van der Waals surface area contributed by atoms with E-state index in [-0.39, 0.29) is 43.4 Å². The maximum atomic E-state index is 14.8. The number of benzene rings is 2. The Bertz CT molecular complexity index is 2030. The van der Waals surface area contributed by atoms with Crippen LogP contribution in [0.2, 0.25) is 0 Å². The number of hydrogen-bond acceptors (Lipinski definition) is 15. The molecule has 5 rings (SSSR count). The van der Waals surface area contributed by atoms with Crippen LogP contribution < -0.4 is 5.32 Å². The molecule has 0 bridgehead atoms. The number of carbonyl (C=O) groups is 4. The monoisotopic (exact) mass is 981 g/mol. The fraction of sp³-hybridized carbons (Fsp3) is 0.623. The van der Waals surface area contributed by atoms with E-state index in [0.717, 1.165) is 44.1 Å². The predicted molar refractivity (Wildman–Crippen MR) is 259 cm³/mol. The smallest absolute Gasteiger partial charge is 0.338 e. The molecule has 0 saturated carbocycles. The molecule has 17 nitrogen and oxygen atoms in total. The van der Waals surface area contributed by atoms with E-state index in [9.17, 15) is 44.7 Å². The standard InChI is InChI=1S/C53H76N2O15/c1-7-9-14-26-53(27-15-10-8-2)68-41-31-37(49(63)55(6)39(29-35-17-12-11-13-18-35)48(62)54-38(32-56)24-25-43(58)69-52(3,4)5)30-40(47(41)70-53)66-50(64)36-22-20-34(21-23-36)19-16-28-65-51-46(61)45(60)44(59)42(33-57)67-51/h11-13,16-23,31,38-42,44-47,51,56-57,59-61H,7-10,14-15,24-30,32-33H2,1-6H3,(H,54,62)/t38-,39+,40+,41+,42+,44-,45-,46+,47-,51-/m0/s1. The largest absolute Gasteiger partial charge is 0.460 e. The number of amides is 2. The van der Waals surface area contributed by atoms with Gasteiger partial charge in [0, 0.05) is 44.7 Å². The average Bonchev–Trinajstić information content (AvgIpc) is 3.71. The van der Waals surface area contributed by atoms with Crippen LogP contribution in [-0.2, 0) is 49.2 Å². The second-order valence-electron chi connectivity index (χ2n) is 19.5. The van der Waals surface area contributed by atoms with Gasteiger partial charge in [0.1, 0.15) is 54.4 Å². The molecule has 0 radical (unpaired) electrons. The van der Waals surface area contributed by atoms with Crippen LogP contribution in [0.5, 0.6) is 0 Å². The number of aliphatic hydroxyl groups is 5. The molecule has 0 unspecified atom stereocenters. The number of ether oxygens (including phenoxy) is 6. The van der Waals surface area contributed by atoms with Crippen molar-refractivity contribution in [2.45, 2.75) is 184 Å². The van der Waals surface area contributed by atoms with Gasteiger partial charge in [0.15, 0.2) is 12.1 Å². The van der Waals surface area contributed by atoms with Crippen molar-refractivity contribution in [3.63, 3.8) is 0 Å². The normalized spacial score (nSPS) is 25.1. The summed E-state index contributed by atoms with van der Waals surface area (Å²) in [4.78, 5) is 56.9. The van der Waals surface area contributed by atoms with Crippen molar-refractivity contribution in [2.24, 2.45) is 0 Å². The van der Waals surface area contributed by atoms with Crippen LogP contribution in [-0.4, -0.2) is 154 Å². The van der Waals surface area contributed by atoms with Gasteiger partial charge in [-0.05, 0) is 69.4 Å². The predicted octanol–water partition coefficient (Wildman–Crippen LogP) is 4.68. The number of carbonyl (C=O) groups excluding carboxylic acids is 4. The molecule has 1 aliphatic carbocycles. The van der Waals surface area contributed by atoms with Gasteiger partial charge in [-0.1, -0.05) is 94.1 Å². The zero-order valence-corrected chi connectivity index (χ0v) is 41.6. The number of nitrogens with zero attached hydrogens (tertiary/aromatic N) is 1. The van der Waals surface area contributed by atoms with Gasteiger partial charge in [-0.2, -0.15) is 0 Å². The lowest BCUT2D eigenvalue weighted by Crippen LogP contribution is -2.59. The quantitative estimate of drug-likeness (QED) is 0.0585. The van der Waals surface area contributed by atoms with E-state index in [1.165, 1.54) is 4.90 Å². The molecule has 2 aliphatic heterocycles. The number of fused-ring (bicyclic) bond motifs is 1. The third-order valence-corrected chi connectivity index (χ3v) is 12.7. The molecule has 2 amide bonds. The van der Waals surface area contributed by atoms with Crippen LogP contribution in [0.25, 0.3) is 6.08 Å². The Morgan fingerprint density at radius 3 is 2.19 bits per heavy atom. The first kappa shape index (κ1) is 56.4. The van der Waals surface area contributed by atoms with E-state index in [2.05, 4.69) is 19.2 Å². The Morgan fingerprint density at radius 1 is 0.900 bits per heavy atom. The topological polar surface area (TPSA) is 240 Å². The van der Waals surface area contributed by atoms with Gasteiger partial charge < -0.3 is 64.2 Å². The molecule has 388 valence electrons. The molecule has 2 fully saturated rings. The second kappa shape index (κ2) is 26.8. The van der Waals surface area contributed by atoms with Crippen LogP contribution in [0.3, 0.4) is 0 Å². The molecule has 2 aromatic rings. The fourth-order valence-electron chi connectivity index (χ4n) is 8.87. The van der Waals surface area contributed by atoms with E-state index in [4.69, 9.17) is 28.4 Å². The Morgan fingerprint density at radius 2 is 1.57 bits per heavy atom. The summed E-state index contributed by atoms with van der Waals surface area (Å²) < 4.78 is 36.3. The molecular formula is C53H76N2O15. The van der Waals surface area contributed by atoms with Gasteiger partial charge in [0.05, 0.1) is 31.4 Å². The lowest BCUT2D eigenvalue weighted by molar-refractivity contribution is -0.298. The van der Waals surface area contributed by atoms with Crippen molar-refractivity contribution >= 4 is 29.8 Å². The molecular weight excluding hydrogens is 905 g/mol. The van der Waals surface area contributed by atoms with E-state index < -0.39 is 109 Å². The average molecular weight is 981 g/mol. The van der Waals surface area contributed by atoms with E-state index in [1.54, 1.807) is 70.3 Å². The summed E-state index contributed by atoms with van der Waals surface area (Å²) in [5.41, 5.74) is 1.32. The van der Waals surface area contributed by atoms with E-state index in [1.807, 2.05) is 30.3 Å². The van der Waals surface area contributed by atoms with Crippen LogP contribution in [0, 0.1) is 0 Å². The molecule has 2 saturated heterocycles. The molecule has 10 atom stereocenters. The maximum Gasteiger partial charge on any atom is 0.338 e. The lowest BCUT2D eigenvalue weighted by atomic mass is 9.90. The number of nitrogens with one attached hydrogen (secondary N) is 1. The summed E-state index contributed by atoms with van der Waals surface area (Å²) >= 11 is 0. The summed E-state index contributed by atoms with van der Waals surface area (Å²) in [5, 5.41) is 52.9. The lowest BCUT2D eigenvalue weighted by Gasteiger charge is -2.39. The minimum atomic E-state index is -1.56. The minimum absolute atomic E-state index is 0.0243. The minimum Gasteiger partial charge on any atom is -0.460 e. The zero-order chi connectivity index (χ0) is 51.0. The number of unbranched alkanes of at least 4 members (excludes halogenated alkanes) is 4. The van der Waals surface area contributed by atoms with Crippen molar-refractivity contribution < 1.29 is 73.1 Å². The van der Waals surface area contributed by atoms with Crippen molar-refractivity contribution in [1.29, 1.82) is 0 Å². The first-order valence-electron chi connectivity index (χ1n) is 24.8. The number of aliphatic hydroxyl groups excluding tert-OH is 5. The SMILES string of the molecule is CCCCCC1(CCCCC)O[C@@H]2[C@@H](C=C(C(=O)N(C)[C@H](Cc3ccccc3)C(=O)N[C@H](CO)CCC(=O)OC(C)(C)C)C[C@H]2OC(=O)c2ccc(C=CCO[C@H]3O[C@H](CO)[C@H](O)[C@H](O)[C@H]3O)cc2)O1. The maximum absolute atomic E-state index is 14.8. The van der Waals surface area contributed by atoms with Gasteiger partial charge in [-0.15, -0.1) is 0 Å². The third-order valence-electron chi connectivity index (χ3n) is 12.7. The van der Waals surface area contributed by atoms with Gasteiger partial charge in [-0.25, -0.2) is 4.79 Å². The summed E-state index contributed by atoms with van der Waals surface area (Å²) in [5.74, 6) is -3.07. The number of hydrogen-bond donors (Lipinski definition) is 6. The van der Waals surface area contributed by atoms with Crippen LogP contribution >= 0.6 is 0 Å². The fourth-order valence-corrected chi connectivity index (χ4v) is 8.87. The molecule has 2 heterocycles. The number of likely N-dealkylation sites (N-methyl/N-ethyl adjacent to an activating group) is 1. The molecule has 17 heteroatoms. The Balaban J connectivity index is 1.35. The highest BCUT2D eigenvalue weighted by Gasteiger charge is 2.53. The Kier molecular flexibility index (Phi) is 21.5. The van der Waals surface area contributed by atoms with Crippen molar-refractivity contribution in [2.75, 3.05) is 26.9 Å². The highest BCUT2D eigenvalue weighted by molar-refractivity contribution is 5.97. The Labute approximate surface area is 412 Å². The highest BCUT2D eigenvalue weighted by Crippen LogP contribution is 2.43. The molecule has 2 aromatic carbocycles. The number of rotatable bonds is 25. The summed E-state index contributed by atoms with van der Waals surface area (Å²) in [6.45, 7) is 8.46. The van der Waals surface area contributed by atoms with Crippen LogP contribution in [0.15, 0.2) is 72.3 Å². The van der Waals surface area contributed by atoms with Gasteiger partial charge in [-0.3, -0.25) is 14.4 Å². The molecule has 0 aromatic heterocycles. The second-order valence-corrected chi connectivity index (χ2v) is 19.5. The molecule has 3 aliphatic rings. The van der Waals surface area contributed by atoms with Crippen LogP contribution in [0.1, 0.15) is 127 Å². The van der Waals surface area contributed by atoms with Crippen molar-refractivity contribution in [3.05, 3.63) is 89.0 Å².